The number of rotatable bonds is 10. The van der Waals surface area contributed by atoms with Gasteiger partial charge in [0.2, 0.25) is 10.9 Å². The first-order chi connectivity index (χ1) is 17.5. The molecule has 1 atom stereocenters. The van der Waals surface area contributed by atoms with Crippen LogP contribution in [0.25, 0.3) is 15.5 Å². The van der Waals surface area contributed by atoms with Gasteiger partial charge in [0.05, 0.1) is 28.5 Å². The molecule has 0 aliphatic carbocycles. The number of carbonyl (C=O) groups excluding carboxylic acids is 2. The van der Waals surface area contributed by atoms with Gasteiger partial charge in [-0.15, -0.1) is 5.10 Å². The van der Waals surface area contributed by atoms with Crippen LogP contribution in [0.15, 0.2) is 6.20 Å². The second-order valence-corrected chi connectivity index (χ2v) is 10.7. The summed E-state index contributed by atoms with van der Waals surface area (Å²) >= 11 is 1.10. The number of piperidine rings is 1. The van der Waals surface area contributed by atoms with Gasteiger partial charge in [-0.05, 0) is 59.7 Å². The highest BCUT2D eigenvalue weighted by Crippen LogP contribution is 2.34. The lowest BCUT2D eigenvalue weighted by Crippen LogP contribution is -2.40. The third kappa shape index (κ3) is 6.56. The van der Waals surface area contributed by atoms with E-state index in [-0.39, 0.29) is 28.6 Å². The fourth-order valence-electron chi connectivity index (χ4n) is 4.58. The molecule has 1 fully saturated rings. The molecule has 202 valence electrons. The third-order valence-electron chi connectivity index (χ3n) is 6.77. The molecule has 0 bridgehead atoms. The number of fused-ring (bicyclic) bond motifs is 1. The molecule has 13 heteroatoms. The predicted molar refractivity (Wildman–Crippen MR) is 133 cm³/mol. The molecule has 4 heterocycles. The lowest BCUT2D eigenvalue weighted by molar-refractivity contribution is -0.144. The van der Waals surface area contributed by atoms with Crippen LogP contribution in [0.4, 0.5) is 13.2 Å². The Kier molecular flexibility index (Phi) is 8.32. The summed E-state index contributed by atoms with van der Waals surface area (Å²) in [5, 5.41) is 6.78. The van der Waals surface area contributed by atoms with E-state index in [1.165, 1.54) is 4.52 Å². The first kappa shape index (κ1) is 27.2. The molecule has 37 heavy (non-hydrogen) atoms. The third-order valence-corrected chi connectivity index (χ3v) is 7.93. The van der Waals surface area contributed by atoms with Crippen LogP contribution in [0.2, 0.25) is 0 Å². The molecular formula is C24H32F3N7O2S. The Balaban J connectivity index is 1.51. The first-order valence-electron chi connectivity index (χ1n) is 12.5. The van der Waals surface area contributed by atoms with Crippen molar-refractivity contribution in [3.05, 3.63) is 23.5 Å². The number of thiazole rings is 1. The summed E-state index contributed by atoms with van der Waals surface area (Å²) in [6, 6.07) is -0.336. The number of aromatic amines is 1. The van der Waals surface area contributed by atoms with Crippen LogP contribution in [0, 0.1) is 12.8 Å². The van der Waals surface area contributed by atoms with E-state index in [1.54, 1.807) is 20.0 Å². The normalized spacial score (nSPS) is 16.4. The molecule has 3 aromatic heterocycles. The number of nitrogens with one attached hydrogen (secondary N) is 2. The van der Waals surface area contributed by atoms with Crippen molar-refractivity contribution >= 4 is 28.0 Å². The summed E-state index contributed by atoms with van der Waals surface area (Å²) in [6.07, 6.45) is 2.31. The lowest BCUT2D eigenvalue weighted by atomic mass is 9.95. The number of Topliss-reactive ketones (excluding diaryl/α,β-unsaturated/α-hetero) is 1. The monoisotopic (exact) mass is 539 g/mol. The maximum absolute atomic E-state index is 13.1. The Labute approximate surface area is 216 Å². The minimum absolute atomic E-state index is 0.00874. The summed E-state index contributed by atoms with van der Waals surface area (Å²) in [7, 11) is 2.05. The number of carbonyl (C=O) groups is 2. The maximum atomic E-state index is 13.1. The number of nitrogens with zero attached hydrogens (tertiary/aromatic N) is 5. The Bertz CT molecular complexity index is 1240. The Morgan fingerprint density at radius 2 is 1.97 bits per heavy atom. The Morgan fingerprint density at radius 3 is 2.62 bits per heavy atom. The summed E-state index contributed by atoms with van der Waals surface area (Å²) in [5.41, 5.74) is 1.16. The van der Waals surface area contributed by atoms with E-state index in [0.717, 1.165) is 56.5 Å². The zero-order valence-electron chi connectivity index (χ0n) is 21.2. The largest absolute Gasteiger partial charge is 0.453 e. The molecule has 1 aliphatic heterocycles. The van der Waals surface area contributed by atoms with Gasteiger partial charge in [0.1, 0.15) is 11.6 Å². The van der Waals surface area contributed by atoms with Gasteiger partial charge in [0.15, 0.2) is 0 Å². The van der Waals surface area contributed by atoms with Gasteiger partial charge >= 0.3 is 6.18 Å². The van der Waals surface area contributed by atoms with Crippen LogP contribution in [0.3, 0.4) is 0 Å². The fraction of sp³-hybridized carbons (Fsp3) is 0.625. The molecule has 0 radical (unpaired) electrons. The van der Waals surface area contributed by atoms with Gasteiger partial charge in [0, 0.05) is 12.3 Å². The summed E-state index contributed by atoms with van der Waals surface area (Å²) in [5.74, 6) is -0.448. The average Bonchev–Trinajstić information content (AvgIpc) is 3.54. The van der Waals surface area contributed by atoms with E-state index < -0.39 is 12.0 Å². The minimum atomic E-state index is -4.61. The van der Waals surface area contributed by atoms with E-state index in [0.29, 0.717) is 34.9 Å². The van der Waals surface area contributed by atoms with E-state index in [2.05, 4.69) is 30.3 Å². The van der Waals surface area contributed by atoms with Crippen LogP contribution in [-0.4, -0.2) is 61.3 Å². The summed E-state index contributed by atoms with van der Waals surface area (Å²) < 4.78 is 40.2. The number of halogens is 3. The number of hydrogen-bond donors (Lipinski definition) is 2. The topological polar surface area (TPSA) is 108 Å². The molecule has 1 aliphatic rings. The smallest absolute Gasteiger partial charge is 0.346 e. The van der Waals surface area contributed by atoms with Crippen molar-refractivity contribution in [1.82, 2.24) is 34.8 Å². The number of unbranched alkanes of at least 4 members (excludes halogenated alkanes) is 2. The van der Waals surface area contributed by atoms with Crippen LogP contribution in [0.1, 0.15) is 75.3 Å². The number of ketones is 1. The van der Waals surface area contributed by atoms with Crippen LogP contribution >= 0.6 is 11.3 Å². The summed E-state index contributed by atoms with van der Waals surface area (Å²) in [4.78, 5) is 38.8. The fourth-order valence-corrected chi connectivity index (χ4v) is 5.61. The van der Waals surface area contributed by atoms with Gasteiger partial charge in [-0.25, -0.2) is 9.50 Å². The standard InChI is InChI=1S/C24H32F3N7O2S/c1-14(35)7-5-4-6-8-17(30-21(36)16-9-11-33(3)12-10-16)20-28-13-18(29-20)19-15(2)34-23(37-19)31-22(32-34)24(25,26)27/h13,16-17H,4-12H2,1-3H3,(H,28,29)(H,30,36)/t17-/m0/s1. The number of imidazole rings is 1. The van der Waals surface area contributed by atoms with Crippen molar-refractivity contribution in [2.24, 2.45) is 5.92 Å². The molecule has 0 aromatic carbocycles. The van der Waals surface area contributed by atoms with Gasteiger partial charge in [-0.3, -0.25) is 4.79 Å². The van der Waals surface area contributed by atoms with Gasteiger partial charge in [-0.2, -0.15) is 18.2 Å². The number of H-pyrrole nitrogens is 1. The van der Waals surface area contributed by atoms with E-state index >= 15 is 0 Å². The maximum Gasteiger partial charge on any atom is 0.453 e. The Morgan fingerprint density at radius 1 is 1.24 bits per heavy atom. The quantitative estimate of drug-likeness (QED) is 0.366. The molecule has 3 aromatic rings. The van der Waals surface area contributed by atoms with Crippen molar-refractivity contribution in [1.29, 1.82) is 0 Å². The molecule has 2 N–H and O–H groups in total. The SMILES string of the molecule is CC(=O)CCCCC[C@H](NC(=O)C1CCN(C)CC1)c1ncc(-c2sc3nc(C(F)(F)F)nn3c2C)[nH]1. The lowest BCUT2D eigenvalue weighted by Gasteiger charge is -2.29. The molecule has 0 saturated carbocycles. The van der Waals surface area contributed by atoms with Gasteiger partial charge in [-0.1, -0.05) is 24.2 Å². The molecule has 1 saturated heterocycles. The van der Waals surface area contributed by atoms with Crippen LogP contribution in [0.5, 0.6) is 0 Å². The number of alkyl halides is 3. The van der Waals surface area contributed by atoms with Crippen molar-refractivity contribution in [2.45, 2.75) is 71.0 Å². The molecule has 1 amide bonds. The van der Waals surface area contributed by atoms with Crippen molar-refractivity contribution < 1.29 is 22.8 Å². The predicted octanol–water partition coefficient (Wildman–Crippen LogP) is 4.55. The van der Waals surface area contributed by atoms with Crippen LogP contribution < -0.4 is 5.32 Å². The first-order valence-corrected chi connectivity index (χ1v) is 13.3. The minimum Gasteiger partial charge on any atom is -0.346 e. The van der Waals surface area contributed by atoms with Crippen molar-refractivity contribution in [3.8, 4) is 10.6 Å². The second-order valence-electron chi connectivity index (χ2n) is 9.77. The van der Waals surface area contributed by atoms with E-state index in [1.807, 2.05) is 7.05 Å². The van der Waals surface area contributed by atoms with E-state index in [4.69, 9.17) is 0 Å². The van der Waals surface area contributed by atoms with Crippen molar-refractivity contribution in [3.63, 3.8) is 0 Å². The van der Waals surface area contributed by atoms with Gasteiger partial charge in [0.25, 0.3) is 5.82 Å². The molecule has 0 unspecified atom stereocenters. The zero-order chi connectivity index (χ0) is 26.7. The van der Waals surface area contributed by atoms with Crippen LogP contribution in [-0.2, 0) is 15.8 Å². The highest BCUT2D eigenvalue weighted by molar-refractivity contribution is 7.20. The zero-order valence-corrected chi connectivity index (χ0v) is 22.0. The number of likely N-dealkylation sites (tertiary alicyclic amines) is 1. The highest BCUT2D eigenvalue weighted by atomic mass is 32.1. The highest BCUT2D eigenvalue weighted by Gasteiger charge is 2.37. The molecule has 4 rings (SSSR count). The molecular weight excluding hydrogens is 507 g/mol. The van der Waals surface area contributed by atoms with Crippen molar-refractivity contribution in [2.75, 3.05) is 20.1 Å². The average molecular weight is 540 g/mol. The van der Waals surface area contributed by atoms with E-state index in [9.17, 15) is 22.8 Å². The second kappa shape index (κ2) is 11.3. The number of aromatic nitrogens is 5. The molecule has 9 nitrogen and oxygen atoms in total. The summed E-state index contributed by atoms with van der Waals surface area (Å²) in [6.45, 7) is 5.02. The molecule has 0 spiro atoms. The van der Waals surface area contributed by atoms with Gasteiger partial charge < -0.3 is 20.0 Å². The number of hydrogen-bond acceptors (Lipinski definition) is 7. The number of aryl methyl sites for hydroxylation is 1. The number of amides is 1. The Hall–Kier alpha value is -2.80.